The van der Waals surface area contributed by atoms with Crippen LogP contribution in [0.4, 0.5) is 11.0 Å². The predicted molar refractivity (Wildman–Crippen MR) is 106 cm³/mol. The highest BCUT2D eigenvalue weighted by Crippen LogP contribution is 2.32. The Morgan fingerprint density at radius 2 is 2.07 bits per heavy atom. The highest BCUT2D eigenvalue weighted by molar-refractivity contribution is 7.22. The predicted octanol–water partition coefficient (Wildman–Crippen LogP) is 3.40. The van der Waals surface area contributed by atoms with Crippen molar-refractivity contribution in [3.63, 3.8) is 0 Å². The normalized spacial score (nSPS) is 11.1. The number of ether oxygens (including phenoxy) is 1. The minimum absolute atomic E-state index is 0.0975. The van der Waals surface area contributed by atoms with Crippen LogP contribution in [-0.4, -0.2) is 54.5 Å². The Kier molecular flexibility index (Phi) is 5.90. The maximum Gasteiger partial charge on any atom is 0.433 e. The Hall–Kier alpha value is -2.98. The van der Waals surface area contributed by atoms with Gasteiger partial charge in [-0.25, -0.2) is 4.98 Å². The number of fused-ring (bicyclic) bond motifs is 1. The van der Waals surface area contributed by atoms with Crippen LogP contribution in [0.25, 0.3) is 10.2 Å². The van der Waals surface area contributed by atoms with Crippen molar-refractivity contribution in [2.24, 2.45) is 0 Å². The molecule has 2 heterocycles. The molecule has 0 aliphatic heterocycles. The minimum Gasteiger partial charge on any atom is -0.494 e. The van der Waals surface area contributed by atoms with Crippen molar-refractivity contribution in [2.45, 2.75) is 6.92 Å². The monoisotopic (exact) mass is 404 g/mol. The van der Waals surface area contributed by atoms with E-state index in [1.54, 1.807) is 0 Å². The van der Waals surface area contributed by atoms with E-state index in [-0.39, 0.29) is 5.76 Å². The lowest BCUT2D eigenvalue weighted by molar-refractivity contribution is -0.402. The average Bonchev–Trinajstić information content (AvgIpc) is 3.28. The van der Waals surface area contributed by atoms with E-state index in [1.807, 2.05) is 44.1 Å². The van der Waals surface area contributed by atoms with Crippen molar-refractivity contribution >= 4 is 38.5 Å². The van der Waals surface area contributed by atoms with Crippen molar-refractivity contribution in [3.8, 4) is 5.75 Å². The second-order valence-corrected chi connectivity index (χ2v) is 7.22. The molecule has 0 radical (unpaired) electrons. The van der Waals surface area contributed by atoms with Crippen LogP contribution in [0.5, 0.6) is 5.75 Å². The third-order valence-corrected chi connectivity index (χ3v) is 4.93. The summed E-state index contributed by atoms with van der Waals surface area (Å²) in [5.74, 6) is -0.307. The summed E-state index contributed by atoms with van der Waals surface area (Å²) in [6.07, 6.45) is 0. The SMILES string of the molecule is CCOc1ccc2nc(N(CCN(C)C)C(=O)c3ccc([N+](=O)[O-])o3)sc2c1. The van der Waals surface area contributed by atoms with Crippen molar-refractivity contribution in [1.29, 1.82) is 0 Å². The van der Waals surface area contributed by atoms with E-state index in [2.05, 4.69) is 4.98 Å². The Balaban J connectivity index is 1.95. The highest BCUT2D eigenvalue weighted by Gasteiger charge is 2.26. The number of hydrogen-bond acceptors (Lipinski definition) is 8. The molecule has 1 amide bonds. The molecule has 0 aliphatic rings. The third kappa shape index (κ3) is 4.29. The molecule has 0 saturated heterocycles. The van der Waals surface area contributed by atoms with E-state index in [0.717, 1.165) is 16.0 Å². The van der Waals surface area contributed by atoms with E-state index in [0.29, 0.717) is 24.8 Å². The first-order chi connectivity index (χ1) is 13.4. The number of nitro groups is 1. The van der Waals surface area contributed by atoms with Crippen LogP contribution in [0.2, 0.25) is 0 Å². The van der Waals surface area contributed by atoms with Crippen LogP contribution in [0.15, 0.2) is 34.7 Å². The maximum atomic E-state index is 13.0. The third-order valence-electron chi connectivity index (χ3n) is 3.89. The number of benzene rings is 1. The van der Waals surface area contributed by atoms with Crippen molar-refractivity contribution in [2.75, 3.05) is 38.7 Å². The number of hydrogen-bond donors (Lipinski definition) is 0. The Morgan fingerprint density at radius 1 is 1.29 bits per heavy atom. The molecule has 0 bridgehead atoms. The summed E-state index contributed by atoms with van der Waals surface area (Å²) in [5.41, 5.74) is 0.747. The molecule has 3 aromatic rings. The molecule has 10 heteroatoms. The molecular weight excluding hydrogens is 384 g/mol. The average molecular weight is 404 g/mol. The topological polar surface area (TPSA) is 102 Å². The van der Waals surface area contributed by atoms with Crippen LogP contribution >= 0.6 is 11.3 Å². The van der Waals surface area contributed by atoms with Gasteiger partial charge in [0.15, 0.2) is 10.9 Å². The Bertz CT molecular complexity index is 997. The van der Waals surface area contributed by atoms with Gasteiger partial charge in [-0.3, -0.25) is 19.8 Å². The van der Waals surface area contributed by atoms with Crippen molar-refractivity contribution in [3.05, 3.63) is 46.2 Å². The molecule has 0 aliphatic carbocycles. The molecule has 2 aromatic heterocycles. The summed E-state index contributed by atoms with van der Waals surface area (Å²) in [6.45, 7) is 3.42. The summed E-state index contributed by atoms with van der Waals surface area (Å²) >= 11 is 1.35. The number of amides is 1. The molecule has 0 fully saturated rings. The summed E-state index contributed by atoms with van der Waals surface area (Å²) in [5, 5.41) is 11.3. The van der Waals surface area contributed by atoms with Crippen LogP contribution in [-0.2, 0) is 0 Å². The fourth-order valence-electron chi connectivity index (χ4n) is 2.52. The summed E-state index contributed by atoms with van der Waals surface area (Å²) in [7, 11) is 3.79. The molecule has 1 aromatic carbocycles. The molecule has 148 valence electrons. The second kappa shape index (κ2) is 8.36. The van der Waals surface area contributed by atoms with Gasteiger partial charge in [0.1, 0.15) is 10.7 Å². The van der Waals surface area contributed by atoms with Gasteiger partial charge in [0, 0.05) is 13.1 Å². The van der Waals surface area contributed by atoms with Crippen molar-refractivity contribution < 1.29 is 18.9 Å². The number of furan rings is 1. The van der Waals surface area contributed by atoms with Crippen LogP contribution < -0.4 is 9.64 Å². The number of aromatic nitrogens is 1. The summed E-state index contributed by atoms with van der Waals surface area (Å²) < 4.78 is 11.5. The van der Waals surface area contributed by atoms with Crippen LogP contribution in [0.1, 0.15) is 17.5 Å². The molecule has 0 unspecified atom stereocenters. The van der Waals surface area contributed by atoms with Gasteiger partial charge < -0.3 is 14.1 Å². The maximum absolute atomic E-state index is 13.0. The highest BCUT2D eigenvalue weighted by atomic mass is 32.1. The first-order valence-electron chi connectivity index (χ1n) is 8.63. The van der Waals surface area contributed by atoms with Gasteiger partial charge in [-0.05, 0) is 45.3 Å². The lowest BCUT2D eigenvalue weighted by Gasteiger charge is -2.20. The van der Waals surface area contributed by atoms with E-state index in [4.69, 9.17) is 9.15 Å². The molecule has 0 N–H and O–H groups in total. The quantitative estimate of drug-likeness (QED) is 0.419. The number of thiazole rings is 1. The second-order valence-electron chi connectivity index (χ2n) is 6.21. The minimum atomic E-state index is -0.673. The molecule has 0 saturated carbocycles. The number of nitrogens with zero attached hydrogens (tertiary/aromatic N) is 4. The lowest BCUT2D eigenvalue weighted by Crippen LogP contribution is -2.36. The molecule has 0 spiro atoms. The van der Waals surface area contributed by atoms with Crippen molar-refractivity contribution in [1.82, 2.24) is 9.88 Å². The fourth-order valence-corrected chi connectivity index (χ4v) is 3.54. The zero-order valence-corrected chi connectivity index (χ0v) is 16.6. The van der Waals surface area contributed by atoms with Crippen LogP contribution in [0, 0.1) is 10.1 Å². The molecular formula is C18H20N4O5S. The van der Waals surface area contributed by atoms with Gasteiger partial charge in [-0.15, -0.1) is 0 Å². The number of likely N-dealkylation sites (N-methyl/N-ethyl adjacent to an activating group) is 1. The van der Waals surface area contributed by atoms with Gasteiger partial charge in [0.2, 0.25) is 0 Å². The molecule has 9 nitrogen and oxygen atoms in total. The lowest BCUT2D eigenvalue weighted by atomic mass is 10.3. The van der Waals surface area contributed by atoms with Gasteiger partial charge in [0.05, 0.1) is 22.9 Å². The van der Waals surface area contributed by atoms with E-state index >= 15 is 0 Å². The number of rotatable bonds is 8. The molecule has 3 rings (SSSR count). The van der Waals surface area contributed by atoms with Crippen LogP contribution in [0.3, 0.4) is 0 Å². The smallest absolute Gasteiger partial charge is 0.433 e. The van der Waals surface area contributed by atoms with Gasteiger partial charge in [-0.1, -0.05) is 11.3 Å². The Morgan fingerprint density at radius 3 is 2.71 bits per heavy atom. The van der Waals surface area contributed by atoms with Gasteiger partial charge in [0.25, 0.3) is 5.91 Å². The first kappa shape index (κ1) is 19.8. The standard InChI is InChI=1S/C18H20N4O5S/c1-4-26-12-5-6-13-15(11-12)28-18(19-13)21(10-9-20(2)3)17(23)14-7-8-16(27-14)22(24)25/h5-8,11H,4,9-10H2,1-3H3. The number of carbonyl (C=O) groups excluding carboxylic acids is 1. The fraction of sp³-hybridized carbons (Fsp3) is 0.333. The van der Waals surface area contributed by atoms with Gasteiger partial charge >= 0.3 is 5.88 Å². The zero-order valence-electron chi connectivity index (χ0n) is 15.7. The Labute approximate surface area is 165 Å². The molecule has 0 atom stereocenters. The zero-order chi connectivity index (χ0) is 20.3. The number of carbonyl (C=O) groups is 1. The summed E-state index contributed by atoms with van der Waals surface area (Å²) in [6, 6.07) is 8.03. The molecule has 28 heavy (non-hydrogen) atoms. The number of anilines is 1. The largest absolute Gasteiger partial charge is 0.494 e. The van der Waals surface area contributed by atoms with E-state index in [9.17, 15) is 14.9 Å². The van der Waals surface area contributed by atoms with Gasteiger partial charge in [-0.2, -0.15) is 0 Å². The summed E-state index contributed by atoms with van der Waals surface area (Å²) in [4.78, 5) is 31.1. The first-order valence-corrected chi connectivity index (χ1v) is 9.45. The van der Waals surface area contributed by atoms with E-state index in [1.165, 1.54) is 28.4 Å². The van der Waals surface area contributed by atoms with E-state index < -0.39 is 16.7 Å².